The Morgan fingerprint density at radius 1 is 0.909 bits per heavy atom. The van der Waals surface area contributed by atoms with Crippen LogP contribution in [0.5, 0.6) is 17.2 Å². The summed E-state index contributed by atoms with van der Waals surface area (Å²) in [4.78, 5) is 27.7. The lowest BCUT2D eigenvalue weighted by atomic mass is 10.1. The van der Waals surface area contributed by atoms with E-state index in [9.17, 15) is 9.59 Å². The van der Waals surface area contributed by atoms with Gasteiger partial charge in [-0.1, -0.05) is 18.2 Å². The zero-order chi connectivity index (χ0) is 24.2. The second-order valence-electron chi connectivity index (χ2n) is 7.55. The van der Waals surface area contributed by atoms with Crippen LogP contribution in [0.15, 0.2) is 42.5 Å². The molecule has 1 N–H and O–H groups in total. The number of carbonyl (C=O) groups is 2. The Morgan fingerprint density at radius 3 is 2.18 bits per heavy atom. The van der Waals surface area contributed by atoms with Crippen molar-refractivity contribution < 1.29 is 28.5 Å². The lowest BCUT2D eigenvalue weighted by molar-refractivity contribution is -0.140. The molecule has 2 aromatic carbocycles. The van der Waals surface area contributed by atoms with Gasteiger partial charge in [0.15, 0.2) is 11.5 Å². The van der Waals surface area contributed by atoms with Gasteiger partial charge in [0.25, 0.3) is 0 Å². The first-order valence-corrected chi connectivity index (χ1v) is 10.8. The normalized spacial score (nSPS) is 11.4. The molecule has 0 heterocycles. The molecule has 2 aromatic rings. The zero-order valence-electron chi connectivity index (χ0n) is 20.1. The Morgan fingerprint density at radius 2 is 1.58 bits per heavy atom. The van der Waals surface area contributed by atoms with Crippen LogP contribution in [0.3, 0.4) is 0 Å². The highest BCUT2D eigenvalue weighted by atomic mass is 16.5. The van der Waals surface area contributed by atoms with Crippen LogP contribution in [0, 0.1) is 0 Å². The van der Waals surface area contributed by atoms with Crippen molar-refractivity contribution >= 4 is 11.8 Å². The van der Waals surface area contributed by atoms with Crippen LogP contribution in [-0.2, 0) is 27.3 Å². The van der Waals surface area contributed by atoms with Crippen LogP contribution < -0.4 is 19.5 Å². The van der Waals surface area contributed by atoms with Gasteiger partial charge in [0, 0.05) is 26.8 Å². The van der Waals surface area contributed by atoms with Gasteiger partial charge in [0.05, 0.1) is 27.8 Å². The van der Waals surface area contributed by atoms with Crippen molar-refractivity contribution in [3.8, 4) is 17.2 Å². The SMILES string of the molecule is COCCCNC(=O)[C@H](C)N(Cc1ccc(OC)cc1)C(=O)Cc1ccc(OC)c(OC)c1. The molecule has 0 radical (unpaired) electrons. The van der Waals surface area contributed by atoms with Gasteiger partial charge in [-0.15, -0.1) is 0 Å². The molecule has 2 rings (SSSR count). The first-order chi connectivity index (χ1) is 15.9. The van der Waals surface area contributed by atoms with E-state index in [4.69, 9.17) is 18.9 Å². The molecule has 33 heavy (non-hydrogen) atoms. The molecule has 0 aliphatic heterocycles. The first kappa shape index (κ1) is 26.0. The number of carbonyl (C=O) groups excluding carboxylic acids is 2. The van der Waals surface area contributed by atoms with E-state index in [-0.39, 0.29) is 18.2 Å². The Bertz CT molecular complexity index is 900. The lowest BCUT2D eigenvalue weighted by Gasteiger charge is -2.29. The molecule has 0 fully saturated rings. The van der Waals surface area contributed by atoms with E-state index >= 15 is 0 Å². The van der Waals surface area contributed by atoms with Crippen LogP contribution in [0.25, 0.3) is 0 Å². The number of ether oxygens (including phenoxy) is 4. The van der Waals surface area contributed by atoms with E-state index < -0.39 is 6.04 Å². The van der Waals surface area contributed by atoms with Gasteiger partial charge in [-0.05, 0) is 48.7 Å². The summed E-state index contributed by atoms with van der Waals surface area (Å²) >= 11 is 0. The van der Waals surface area contributed by atoms with Crippen molar-refractivity contribution in [3.05, 3.63) is 53.6 Å². The maximum Gasteiger partial charge on any atom is 0.242 e. The number of nitrogens with zero attached hydrogens (tertiary/aromatic N) is 1. The predicted octanol–water partition coefficient (Wildman–Crippen LogP) is 2.82. The van der Waals surface area contributed by atoms with Crippen molar-refractivity contribution in [3.63, 3.8) is 0 Å². The molecular formula is C25H34N2O6. The number of hydrogen-bond acceptors (Lipinski definition) is 6. The largest absolute Gasteiger partial charge is 0.497 e. The first-order valence-electron chi connectivity index (χ1n) is 10.8. The Balaban J connectivity index is 2.20. The fourth-order valence-electron chi connectivity index (χ4n) is 3.35. The molecule has 0 aliphatic rings. The minimum atomic E-state index is -0.651. The second-order valence-corrected chi connectivity index (χ2v) is 7.55. The molecule has 0 aliphatic carbocycles. The molecular weight excluding hydrogens is 424 g/mol. The Hall–Kier alpha value is -3.26. The quantitative estimate of drug-likeness (QED) is 0.465. The maximum absolute atomic E-state index is 13.3. The van der Waals surface area contributed by atoms with Gasteiger partial charge in [0.2, 0.25) is 11.8 Å². The highest BCUT2D eigenvalue weighted by Gasteiger charge is 2.26. The van der Waals surface area contributed by atoms with Crippen LogP contribution in [-0.4, -0.2) is 64.3 Å². The van der Waals surface area contributed by atoms with Gasteiger partial charge >= 0.3 is 0 Å². The number of nitrogens with one attached hydrogen (secondary N) is 1. The molecule has 0 saturated carbocycles. The molecule has 0 saturated heterocycles. The molecule has 8 nitrogen and oxygen atoms in total. The summed E-state index contributed by atoms with van der Waals surface area (Å²) in [6.45, 7) is 3.07. The summed E-state index contributed by atoms with van der Waals surface area (Å²) in [5, 5.41) is 2.88. The molecule has 8 heteroatoms. The summed E-state index contributed by atoms with van der Waals surface area (Å²) in [5.41, 5.74) is 1.67. The average molecular weight is 459 g/mol. The van der Waals surface area contributed by atoms with Crippen LogP contribution >= 0.6 is 0 Å². The van der Waals surface area contributed by atoms with Crippen molar-refractivity contribution in [2.75, 3.05) is 41.6 Å². The fourth-order valence-corrected chi connectivity index (χ4v) is 3.35. The molecule has 1 atom stereocenters. The Kier molecular flexibility index (Phi) is 10.5. The van der Waals surface area contributed by atoms with Crippen LogP contribution in [0.2, 0.25) is 0 Å². The second kappa shape index (κ2) is 13.3. The van der Waals surface area contributed by atoms with Gasteiger partial charge in [-0.2, -0.15) is 0 Å². The van der Waals surface area contributed by atoms with Gasteiger partial charge in [-0.25, -0.2) is 0 Å². The summed E-state index contributed by atoms with van der Waals surface area (Å²) in [6, 6.07) is 12.2. The summed E-state index contributed by atoms with van der Waals surface area (Å²) in [7, 11) is 6.33. The van der Waals surface area contributed by atoms with Crippen molar-refractivity contribution in [2.45, 2.75) is 32.4 Å². The third kappa shape index (κ3) is 7.68. The van der Waals surface area contributed by atoms with Gasteiger partial charge in [0.1, 0.15) is 11.8 Å². The van der Waals surface area contributed by atoms with Crippen molar-refractivity contribution in [1.29, 1.82) is 0 Å². The van der Waals surface area contributed by atoms with E-state index in [0.29, 0.717) is 37.6 Å². The standard InChI is InChI=1S/C25H34N2O6/c1-18(25(29)26-13-6-14-30-2)27(17-19-7-10-21(31-3)11-8-19)24(28)16-20-9-12-22(32-4)23(15-20)33-5/h7-12,15,18H,6,13-14,16-17H2,1-5H3,(H,26,29)/t18-/m0/s1. The summed E-state index contributed by atoms with van der Waals surface area (Å²) < 4.78 is 20.9. The van der Waals surface area contributed by atoms with E-state index in [1.807, 2.05) is 30.3 Å². The lowest BCUT2D eigenvalue weighted by Crippen LogP contribution is -2.48. The van der Waals surface area contributed by atoms with Gasteiger partial charge in [-0.3, -0.25) is 9.59 Å². The minimum absolute atomic E-state index is 0.123. The van der Waals surface area contributed by atoms with Crippen LogP contribution in [0.4, 0.5) is 0 Å². The van der Waals surface area contributed by atoms with E-state index in [0.717, 1.165) is 16.9 Å². The molecule has 0 bridgehead atoms. The number of hydrogen-bond donors (Lipinski definition) is 1. The number of methoxy groups -OCH3 is 4. The highest BCUT2D eigenvalue weighted by Crippen LogP contribution is 2.28. The van der Waals surface area contributed by atoms with E-state index in [1.54, 1.807) is 52.4 Å². The fraction of sp³-hybridized carbons (Fsp3) is 0.440. The zero-order valence-corrected chi connectivity index (χ0v) is 20.1. The monoisotopic (exact) mass is 458 g/mol. The van der Waals surface area contributed by atoms with Gasteiger partial charge < -0.3 is 29.2 Å². The molecule has 0 unspecified atom stereocenters. The number of benzene rings is 2. The Labute approximate surface area is 195 Å². The third-order valence-corrected chi connectivity index (χ3v) is 5.31. The van der Waals surface area contributed by atoms with E-state index in [2.05, 4.69) is 5.32 Å². The van der Waals surface area contributed by atoms with Crippen LogP contribution in [0.1, 0.15) is 24.5 Å². The molecule has 0 spiro atoms. The van der Waals surface area contributed by atoms with Crippen molar-refractivity contribution in [1.82, 2.24) is 10.2 Å². The van der Waals surface area contributed by atoms with E-state index in [1.165, 1.54) is 0 Å². The van der Waals surface area contributed by atoms with Crippen molar-refractivity contribution in [2.24, 2.45) is 0 Å². The smallest absolute Gasteiger partial charge is 0.242 e. The molecule has 2 amide bonds. The topological polar surface area (TPSA) is 86.3 Å². The molecule has 180 valence electrons. The third-order valence-electron chi connectivity index (χ3n) is 5.31. The minimum Gasteiger partial charge on any atom is -0.497 e. The maximum atomic E-state index is 13.3. The molecule has 0 aromatic heterocycles. The average Bonchev–Trinajstić information content (AvgIpc) is 2.84. The number of amides is 2. The number of rotatable bonds is 13. The highest BCUT2D eigenvalue weighted by molar-refractivity contribution is 5.88. The summed E-state index contributed by atoms with van der Waals surface area (Å²) in [6.07, 6.45) is 0.824. The summed E-state index contributed by atoms with van der Waals surface area (Å²) in [5.74, 6) is 1.49. The predicted molar refractivity (Wildman–Crippen MR) is 126 cm³/mol.